The van der Waals surface area contributed by atoms with Gasteiger partial charge in [-0.3, -0.25) is 57.4 Å². The number of halogens is 4. The lowest BCUT2D eigenvalue weighted by Gasteiger charge is -2.43. The van der Waals surface area contributed by atoms with Crippen molar-refractivity contribution in [1.29, 1.82) is 0 Å². The van der Waals surface area contributed by atoms with Gasteiger partial charge in [-0.1, -0.05) is 110 Å². The average molecular weight is 1370 g/mol. The molecule has 520 valence electrons. The van der Waals surface area contributed by atoms with Crippen molar-refractivity contribution >= 4 is 50.3 Å². The predicted octanol–water partition coefficient (Wildman–Crippen LogP) is 3.46. The second kappa shape index (κ2) is 29.2. The fourth-order valence-corrected chi connectivity index (χ4v) is 11.4. The van der Waals surface area contributed by atoms with Gasteiger partial charge in [0, 0.05) is 0 Å². The van der Waals surface area contributed by atoms with Crippen molar-refractivity contribution in [2.24, 2.45) is 0 Å². The van der Waals surface area contributed by atoms with Gasteiger partial charge in [0.05, 0.1) is 97.3 Å². The van der Waals surface area contributed by atoms with Crippen LogP contribution in [0.3, 0.4) is 0 Å². The molecule has 24 nitrogen and oxygen atoms in total. The first-order valence-electron chi connectivity index (χ1n) is 32.3. The Morgan fingerprint density at radius 1 is 0.374 bits per heavy atom. The normalized spacial score (nSPS) is 21.8. The molecule has 32 heteroatoms. The molecule has 13 rings (SSSR count). The molecular formula is C67H76B4F4N8O16. The third-order valence-corrected chi connectivity index (χ3v) is 19.0. The SMILES string of the molecule is CC1(C)OB(c2ccc(Cn3cc(F)c(=O)[nH]c3=O)cc2)OC1(C)C.CC12CCCCC1(C)OB(c1ccc(Cn3cc(F)c(=O)[nH]c3=O)cc1)O2.CC1OB(c2ccc(Cn3cc(F)c(=O)[nH]c3=O)cc2)OC1(C)C.CC1OB(c2ccc(Cn3cc(F)c(=O)[nH]c3=O)cc2)OC1C. The molecule has 4 aromatic carbocycles. The maximum atomic E-state index is 13.4. The van der Waals surface area contributed by atoms with E-state index in [9.17, 15) is 55.9 Å². The second-order valence-corrected chi connectivity index (χ2v) is 27.1. The van der Waals surface area contributed by atoms with E-state index in [1.165, 1.54) is 0 Å². The van der Waals surface area contributed by atoms with Crippen LogP contribution in [0.4, 0.5) is 17.6 Å². The summed E-state index contributed by atoms with van der Waals surface area (Å²) in [4.78, 5) is 98.8. The Bertz CT molecular complexity index is 4690. The Morgan fingerprint density at radius 3 is 0.909 bits per heavy atom. The maximum Gasteiger partial charge on any atom is 0.494 e. The molecule has 8 heterocycles. The quantitative estimate of drug-likeness (QED) is 0.101. The third-order valence-electron chi connectivity index (χ3n) is 19.0. The van der Waals surface area contributed by atoms with E-state index in [1.54, 1.807) is 0 Å². The number of nitrogens with zero attached hydrogens (tertiary/aromatic N) is 4. The smallest absolute Gasteiger partial charge is 0.402 e. The fourth-order valence-electron chi connectivity index (χ4n) is 11.4. The van der Waals surface area contributed by atoms with Gasteiger partial charge in [0.2, 0.25) is 23.3 Å². The number of H-pyrrole nitrogens is 4. The van der Waals surface area contributed by atoms with Gasteiger partial charge >= 0.3 is 51.2 Å². The molecule has 1 saturated carbocycles. The van der Waals surface area contributed by atoms with E-state index in [4.69, 9.17) is 37.2 Å². The van der Waals surface area contributed by atoms with Crippen LogP contribution in [0.2, 0.25) is 0 Å². The summed E-state index contributed by atoms with van der Waals surface area (Å²) in [6.45, 7) is 22.6. The highest BCUT2D eigenvalue weighted by atomic mass is 19.1. The predicted molar refractivity (Wildman–Crippen MR) is 363 cm³/mol. The Labute approximate surface area is 566 Å². The summed E-state index contributed by atoms with van der Waals surface area (Å²) in [5, 5.41) is 0. The Kier molecular flexibility index (Phi) is 21.5. The number of aromatic nitrogens is 8. The van der Waals surface area contributed by atoms with Crippen molar-refractivity contribution in [1.82, 2.24) is 38.2 Å². The highest BCUT2D eigenvalue weighted by Crippen LogP contribution is 2.47. The van der Waals surface area contributed by atoms with E-state index in [-0.39, 0.29) is 61.3 Å². The molecule has 0 spiro atoms. The molecule has 99 heavy (non-hydrogen) atoms. The standard InChI is InChI=1S/C19H22BFN2O4.C17H20BFN2O4.C16H18BFN2O4.C15H16BFN2O4/c1-18-9-3-4-10-19(18,2)27-20(26-18)14-7-5-13(6-8-14)11-23-12-15(21)16(24)22-17(23)25;1-16(2)17(3,4)25-18(24-16)12-7-5-11(6-8-12)9-21-10-13(19)14(22)20-15(21)23;1-10-16(2,3)24-17(23-10)12-6-4-11(5-7-12)8-20-9-13(18)14(21)19-15(20)22;1-9-10(2)23-16(22-9)12-5-3-11(4-6-12)7-19-8-13(17)14(20)18-15(19)21/h5-8,12H,3-4,9-11H2,1-2H3,(H,22,24,25);5-8,10H,9H2,1-4H3,(H,20,22,23);4-7,9-10H,8H2,1-3H3,(H,19,21,22);3-6,8-10H,7H2,1-2H3,(H,18,20,21). The van der Waals surface area contributed by atoms with Crippen LogP contribution in [0.25, 0.3) is 0 Å². The van der Waals surface area contributed by atoms with Crippen LogP contribution in [0.1, 0.15) is 124 Å². The number of nitrogens with one attached hydrogen (secondary N) is 4. The summed E-state index contributed by atoms with van der Waals surface area (Å²) in [5.74, 6) is -3.95. The Hall–Kier alpha value is -8.74. The van der Waals surface area contributed by atoms with Gasteiger partial charge in [0.25, 0.3) is 22.2 Å². The lowest BCUT2D eigenvalue weighted by Crippen LogP contribution is -2.49. The van der Waals surface area contributed by atoms with Crippen molar-refractivity contribution in [3.63, 3.8) is 0 Å². The molecule has 4 saturated heterocycles. The largest absolute Gasteiger partial charge is 0.494 e. The van der Waals surface area contributed by atoms with Crippen LogP contribution >= 0.6 is 0 Å². The van der Waals surface area contributed by atoms with Crippen molar-refractivity contribution in [2.75, 3.05) is 0 Å². The lowest BCUT2D eigenvalue weighted by atomic mass is 9.74. The van der Waals surface area contributed by atoms with Crippen molar-refractivity contribution in [2.45, 2.75) is 174 Å². The Morgan fingerprint density at radius 2 is 0.636 bits per heavy atom. The first-order chi connectivity index (χ1) is 46.6. The van der Waals surface area contributed by atoms with E-state index in [0.717, 1.165) is 113 Å². The zero-order chi connectivity index (χ0) is 71.7. The van der Waals surface area contributed by atoms with Crippen LogP contribution in [0.15, 0.2) is 160 Å². The highest BCUT2D eigenvalue weighted by molar-refractivity contribution is 6.63. The number of rotatable bonds is 12. The second-order valence-electron chi connectivity index (χ2n) is 27.1. The van der Waals surface area contributed by atoms with E-state index in [2.05, 4.69) is 13.8 Å². The van der Waals surface area contributed by atoms with E-state index < -0.39 is 108 Å². The lowest BCUT2D eigenvalue weighted by molar-refractivity contribution is -0.0556. The molecule has 0 radical (unpaired) electrons. The monoisotopic (exact) mass is 1370 g/mol. The van der Waals surface area contributed by atoms with Crippen molar-refractivity contribution in [3.05, 3.63) is 251 Å². The molecular weight excluding hydrogens is 1290 g/mol. The molecule has 5 fully saturated rings. The van der Waals surface area contributed by atoms with Crippen LogP contribution in [0, 0.1) is 23.3 Å². The van der Waals surface area contributed by atoms with Crippen LogP contribution in [-0.2, 0) is 63.4 Å². The number of fused-ring (bicyclic) bond motifs is 1. The molecule has 8 aromatic rings. The summed E-state index contributed by atoms with van der Waals surface area (Å²) in [6, 6.07) is 29.5. The molecule has 5 atom stereocenters. The molecule has 4 aliphatic heterocycles. The third kappa shape index (κ3) is 16.8. The molecule has 4 N–H and O–H groups in total. The Balaban J connectivity index is 0.000000143. The number of aromatic amines is 4. The highest BCUT2D eigenvalue weighted by Gasteiger charge is 2.58. The number of benzene rings is 4. The van der Waals surface area contributed by atoms with Gasteiger partial charge in [-0.15, -0.1) is 0 Å². The van der Waals surface area contributed by atoms with E-state index in [1.807, 2.05) is 179 Å². The van der Waals surface area contributed by atoms with Gasteiger partial charge in [-0.25, -0.2) is 19.2 Å². The summed E-state index contributed by atoms with van der Waals surface area (Å²) in [6.07, 6.45) is 7.93. The minimum Gasteiger partial charge on any atom is -0.402 e. The molecule has 5 unspecified atom stereocenters. The molecule has 5 aliphatic rings. The van der Waals surface area contributed by atoms with Crippen LogP contribution < -0.4 is 66.8 Å². The summed E-state index contributed by atoms with van der Waals surface area (Å²) >= 11 is 0. The van der Waals surface area contributed by atoms with E-state index >= 15 is 0 Å². The molecule has 1 aliphatic carbocycles. The number of hydrogen-bond donors (Lipinski definition) is 4. The van der Waals surface area contributed by atoms with Crippen LogP contribution in [-0.4, -0.2) is 113 Å². The van der Waals surface area contributed by atoms with Crippen molar-refractivity contribution in [3.8, 4) is 0 Å². The van der Waals surface area contributed by atoms with Gasteiger partial charge < -0.3 is 37.2 Å². The number of hydrogen-bond acceptors (Lipinski definition) is 16. The first-order valence-corrected chi connectivity index (χ1v) is 32.3. The minimum atomic E-state index is -1.02. The summed E-state index contributed by atoms with van der Waals surface area (Å²) in [5.41, 5.74) is -1.70. The summed E-state index contributed by atoms with van der Waals surface area (Å²) in [7, 11) is -1.72. The van der Waals surface area contributed by atoms with Crippen molar-refractivity contribution < 1.29 is 54.8 Å². The van der Waals surface area contributed by atoms with Gasteiger partial charge in [-0.2, -0.15) is 17.6 Å². The van der Waals surface area contributed by atoms with Crippen LogP contribution in [0.5, 0.6) is 0 Å². The van der Waals surface area contributed by atoms with Gasteiger partial charge in [0.15, 0.2) is 0 Å². The van der Waals surface area contributed by atoms with Gasteiger partial charge in [-0.05, 0) is 133 Å². The van der Waals surface area contributed by atoms with E-state index in [0.29, 0.717) is 0 Å². The fraction of sp³-hybridized carbons (Fsp3) is 0.403. The molecule has 4 aromatic heterocycles. The molecule has 0 bridgehead atoms. The summed E-state index contributed by atoms with van der Waals surface area (Å²) < 4.78 is 105. The maximum absolute atomic E-state index is 13.4. The average Bonchev–Trinajstić information content (AvgIpc) is 1.61. The minimum absolute atomic E-state index is 0.0233. The van der Waals surface area contributed by atoms with Gasteiger partial charge in [0.1, 0.15) is 0 Å². The zero-order valence-corrected chi connectivity index (χ0v) is 56.6. The topological polar surface area (TPSA) is 293 Å². The first kappa shape index (κ1) is 73.0. The zero-order valence-electron chi connectivity index (χ0n) is 56.6. The molecule has 0 amide bonds.